The molecule has 0 unspecified atom stereocenters. The minimum Gasteiger partial charge on any atom is -0.497 e. The highest BCUT2D eigenvalue weighted by Crippen LogP contribution is 2.30. The van der Waals surface area contributed by atoms with Crippen molar-refractivity contribution < 1.29 is 38.4 Å². The molecular weight excluding hydrogens is 602 g/mol. The molecule has 3 amide bonds. The van der Waals surface area contributed by atoms with Gasteiger partial charge in [-0.3, -0.25) is 14.5 Å². The van der Waals surface area contributed by atoms with Crippen molar-refractivity contribution in [3.8, 4) is 11.5 Å². The monoisotopic (exact) mass is 645 g/mol. The summed E-state index contributed by atoms with van der Waals surface area (Å²) in [5, 5.41) is 14.2. The predicted octanol–water partition coefficient (Wildman–Crippen LogP) is 4.33. The molecule has 2 heterocycles. The lowest BCUT2D eigenvalue weighted by molar-refractivity contribution is -0.0114. The number of fused-ring (bicyclic) bond motifs is 2. The number of carbonyl (C=O) groups excluding carboxylic acids is 3. The van der Waals surface area contributed by atoms with Gasteiger partial charge in [0.15, 0.2) is 6.79 Å². The average Bonchev–Trinajstić information content (AvgIpc) is 3.07. The number of benzene rings is 3. The van der Waals surface area contributed by atoms with Crippen LogP contribution < -0.4 is 14.8 Å². The molecule has 0 saturated heterocycles. The molecule has 0 radical (unpaired) electrons. The number of aliphatic hydroxyl groups excluding tert-OH is 1. The van der Waals surface area contributed by atoms with E-state index in [1.165, 1.54) is 4.90 Å². The molecule has 3 aromatic rings. The molecule has 250 valence electrons. The first kappa shape index (κ1) is 33.7. The maximum absolute atomic E-state index is 13.3. The van der Waals surface area contributed by atoms with Crippen molar-refractivity contribution in [1.29, 1.82) is 0 Å². The van der Waals surface area contributed by atoms with Gasteiger partial charge in [-0.1, -0.05) is 12.1 Å². The van der Waals surface area contributed by atoms with Crippen molar-refractivity contribution in [2.45, 2.75) is 64.4 Å². The Morgan fingerprint density at radius 2 is 1.60 bits per heavy atom. The van der Waals surface area contributed by atoms with Crippen LogP contribution in [0.3, 0.4) is 0 Å². The summed E-state index contributed by atoms with van der Waals surface area (Å²) >= 11 is 0. The molecule has 0 bridgehead atoms. The van der Waals surface area contributed by atoms with Crippen LogP contribution in [0.5, 0.6) is 11.5 Å². The van der Waals surface area contributed by atoms with Crippen molar-refractivity contribution >= 4 is 17.9 Å². The Balaban J connectivity index is 1.23. The molecule has 0 saturated carbocycles. The van der Waals surface area contributed by atoms with Gasteiger partial charge in [0.25, 0.3) is 11.8 Å². The molecular formula is C36H43N3O8. The van der Waals surface area contributed by atoms with E-state index in [1.54, 1.807) is 70.2 Å². The van der Waals surface area contributed by atoms with E-state index in [4.69, 9.17) is 18.9 Å². The van der Waals surface area contributed by atoms with Gasteiger partial charge in [-0.15, -0.1) is 0 Å². The van der Waals surface area contributed by atoms with Crippen LogP contribution >= 0.6 is 0 Å². The lowest BCUT2D eigenvalue weighted by Gasteiger charge is -2.40. The van der Waals surface area contributed by atoms with Crippen LogP contribution in [-0.4, -0.2) is 84.7 Å². The van der Waals surface area contributed by atoms with Crippen LogP contribution in [0.25, 0.3) is 0 Å². The predicted molar refractivity (Wildman–Crippen MR) is 174 cm³/mol. The highest BCUT2D eigenvalue weighted by molar-refractivity contribution is 5.95. The fourth-order valence-corrected chi connectivity index (χ4v) is 5.89. The van der Waals surface area contributed by atoms with Crippen molar-refractivity contribution in [2.24, 2.45) is 0 Å². The molecule has 0 spiro atoms. The van der Waals surface area contributed by atoms with Crippen LogP contribution in [0.2, 0.25) is 0 Å². The molecule has 11 heteroatoms. The minimum absolute atomic E-state index is 0.0558. The highest BCUT2D eigenvalue weighted by atomic mass is 16.7. The zero-order chi connectivity index (χ0) is 33.7. The van der Waals surface area contributed by atoms with Crippen molar-refractivity contribution in [3.63, 3.8) is 0 Å². The largest absolute Gasteiger partial charge is 0.497 e. The van der Waals surface area contributed by atoms with Crippen LogP contribution in [0.4, 0.5) is 4.79 Å². The third kappa shape index (κ3) is 8.22. The van der Waals surface area contributed by atoms with Gasteiger partial charge in [0.2, 0.25) is 0 Å². The maximum Gasteiger partial charge on any atom is 0.410 e. The Kier molecular flexibility index (Phi) is 10.4. The Hall–Kier alpha value is -4.61. The molecule has 47 heavy (non-hydrogen) atoms. The number of hydrogen-bond donors (Lipinski definition) is 2. The van der Waals surface area contributed by atoms with Crippen LogP contribution in [0.15, 0.2) is 60.7 Å². The summed E-state index contributed by atoms with van der Waals surface area (Å²) < 4.78 is 21.4. The first-order valence-electron chi connectivity index (χ1n) is 15.7. The van der Waals surface area contributed by atoms with Crippen molar-refractivity contribution in [3.05, 3.63) is 94.0 Å². The first-order chi connectivity index (χ1) is 22.5. The molecule has 3 aromatic carbocycles. The Labute approximate surface area is 275 Å². The van der Waals surface area contributed by atoms with Gasteiger partial charge in [-0.25, -0.2) is 4.79 Å². The smallest absolute Gasteiger partial charge is 0.410 e. The maximum atomic E-state index is 13.3. The molecule has 2 aliphatic rings. The van der Waals surface area contributed by atoms with Gasteiger partial charge in [0.1, 0.15) is 17.1 Å². The second-order valence-corrected chi connectivity index (χ2v) is 12.8. The quantitative estimate of drug-likeness (QED) is 0.330. The third-order valence-corrected chi connectivity index (χ3v) is 8.34. The minimum atomic E-state index is -1.06. The molecule has 2 atom stereocenters. The lowest BCUT2D eigenvalue weighted by Crippen LogP contribution is -2.54. The summed E-state index contributed by atoms with van der Waals surface area (Å²) in [6.45, 7) is 6.61. The zero-order valence-electron chi connectivity index (χ0n) is 27.6. The third-order valence-electron chi connectivity index (χ3n) is 8.34. The zero-order valence-corrected chi connectivity index (χ0v) is 27.6. The fourth-order valence-electron chi connectivity index (χ4n) is 5.89. The van der Waals surface area contributed by atoms with Gasteiger partial charge in [-0.05, 0) is 104 Å². The summed E-state index contributed by atoms with van der Waals surface area (Å²) in [6.07, 6.45) is -0.609. The molecule has 0 fully saturated rings. The summed E-state index contributed by atoms with van der Waals surface area (Å²) in [6, 6.07) is 17.5. The van der Waals surface area contributed by atoms with E-state index in [2.05, 4.69) is 5.32 Å². The van der Waals surface area contributed by atoms with Crippen LogP contribution in [0.1, 0.15) is 63.7 Å². The van der Waals surface area contributed by atoms with Crippen molar-refractivity contribution in [2.75, 3.05) is 34.1 Å². The van der Waals surface area contributed by atoms with Gasteiger partial charge in [0, 0.05) is 44.4 Å². The highest BCUT2D eigenvalue weighted by Gasteiger charge is 2.37. The summed E-state index contributed by atoms with van der Waals surface area (Å²) in [7, 11) is 3.13. The first-order valence-corrected chi connectivity index (χ1v) is 15.7. The molecule has 2 aliphatic heterocycles. The topological polar surface area (TPSA) is 127 Å². The number of nitrogens with zero attached hydrogens (tertiary/aromatic N) is 2. The van der Waals surface area contributed by atoms with E-state index in [9.17, 15) is 19.5 Å². The lowest BCUT2D eigenvalue weighted by atomic mass is 9.91. The average molecular weight is 646 g/mol. The number of amides is 3. The normalized spacial score (nSPS) is 16.4. The Morgan fingerprint density at radius 3 is 2.30 bits per heavy atom. The van der Waals surface area contributed by atoms with E-state index in [-0.39, 0.29) is 31.7 Å². The molecule has 11 nitrogen and oxygen atoms in total. The number of methoxy groups -OCH3 is 2. The molecule has 2 N–H and O–H groups in total. The summed E-state index contributed by atoms with van der Waals surface area (Å²) in [5.74, 6) is 0.919. The summed E-state index contributed by atoms with van der Waals surface area (Å²) in [5.41, 5.74) is 4.18. The molecule has 5 rings (SSSR count). The number of hydrogen-bond acceptors (Lipinski definition) is 8. The van der Waals surface area contributed by atoms with Gasteiger partial charge >= 0.3 is 6.09 Å². The Bertz CT molecular complexity index is 1600. The van der Waals surface area contributed by atoms with E-state index in [0.717, 1.165) is 22.3 Å². The fraction of sp³-hybridized carbons (Fsp3) is 0.417. The standard InChI is InChI=1S/C36H43N3O8/c1-36(2,3)47-35(43)39-21-28-17-30(46-22-44-4)13-10-24(28)18-31(39)32(40)19-37-33(41)26-6-7-27-20-38(15-14-25(27)16-26)34(42)23-8-11-29(45-5)12-9-23/h6-13,16-17,31-32,40H,14-15,18-22H2,1-5H3,(H,37,41)/t31-,32+/m0/s1. The molecule has 0 aromatic heterocycles. The number of aliphatic hydroxyl groups is 1. The van der Waals surface area contributed by atoms with Gasteiger partial charge in [-0.2, -0.15) is 0 Å². The van der Waals surface area contributed by atoms with Gasteiger partial charge in [0.05, 0.1) is 19.3 Å². The Morgan fingerprint density at radius 1 is 0.894 bits per heavy atom. The van der Waals surface area contributed by atoms with Crippen molar-refractivity contribution in [1.82, 2.24) is 15.1 Å². The SMILES string of the molecule is COCOc1ccc2c(c1)CN(C(=O)OC(C)(C)C)[C@H]([C@H](O)CNC(=O)c1ccc3c(c1)CCN(C(=O)c1ccc(OC)cc1)C3)C2. The second-order valence-electron chi connectivity index (χ2n) is 12.8. The van der Waals surface area contributed by atoms with E-state index < -0.39 is 23.8 Å². The van der Waals surface area contributed by atoms with E-state index in [0.29, 0.717) is 48.6 Å². The number of carbonyl (C=O) groups is 3. The van der Waals surface area contributed by atoms with Crippen LogP contribution in [-0.2, 0) is 35.4 Å². The molecule has 0 aliphatic carbocycles. The number of ether oxygens (including phenoxy) is 4. The summed E-state index contributed by atoms with van der Waals surface area (Å²) in [4.78, 5) is 42.9. The number of nitrogens with one attached hydrogen (secondary N) is 1. The number of rotatable bonds is 9. The van der Waals surface area contributed by atoms with Crippen LogP contribution in [0, 0.1) is 0 Å². The second kappa shape index (κ2) is 14.4. The van der Waals surface area contributed by atoms with E-state index in [1.807, 2.05) is 30.3 Å². The van der Waals surface area contributed by atoms with E-state index >= 15 is 0 Å². The van der Waals surface area contributed by atoms with Gasteiger partial charge < -0.3 is 34.3 Å².